The van der Waals surface area contributed by atoms with Crippen molar-refractivity contribution in [2.24, 2.45) is 0 Å². The number of nitrogens with one attached hydrogen (secondary N) is 3. The first-order valence-corrected chi connectivity index (χ1v) is 9.10. The lowest BCUT2D eigenvalue weighted by atomic mass is 10.0. The molecule has 4 rings (SSSR count). The summed E-state index contributed by atoms with van der Waals surface area (Å²) in [5, 5.41) is 10.9. The van der Waals surface area contributed by atoms with Crippen molar-refractivity contribution in [2.45, 2.75) is 75.3 Å². The van der Waals surface area contributed by atoms with Crippen molar-refractivity contribution in [2.75, 3.05) is 0 Å². The summed E-state index contributed by atoms with van der Waals surface area (Å²) in [5.41, 5.74) is 0. The highest BCUT2D eigenvalue weighted by Crippen LogP contribution is 2.22. The van der Waals surface area contributed by atoms with Crippen LogP contribution < -0.4 is 16.0 Å². The van der Waals surface area contributed by atoms with Gasteiger partial charge in [-0.25, -0.2) is 0 Å². The van der Waals surface area contributed by atoms with E-state index in [0.29, 0.717) is 0 Å². The van der Waals surface area contributed by atoms with E-state index in [0.717, 1.165) is 38.5 Å². The summed E-state index contributed by atoms with van der Waals surface area (Å²) in [6.07, 6.45) is 18.5. The molecular weight excluding hydrogens is 306 g/mol. The van der Waals surface area contributed by atoms with Gasteiger partial charge in [-0.2, -0.15) is 0 Å². The maximum Gasteiger partial charge on any atom is 0.127 e. The van der Waals surface area contributed by atoms with Gasteiger partial charge in [0.2, 0.25) is 0 Å². The Balaban J connectivity index is 1.47. The van der Waals surface area contributed by atoms with E-state index in [4.69, 9.17) is 14.2 Å². The van der Waals surface area contributed by atoms with Crippen LogP contribution >= 0.6 is 0 Å². The van der Waals surface area contributed by atoms with Crippen LogP contribution in [-0.4, -0.2) is 36.8 Å². The van der Waals surface area contributed by atoms with Gasteiger partial charge in [-0.1, -0.05) is 0 Å². The normalized spacial score (nSPS) is 42.0. The fraction of sp³-hybridized carbons (Fsp3) is 0.667. The molecule has 0 aromatic carbocycles. The molecule has 0 aromatic rings. The number of ether oxygens (including phenoxy) is 3. The van der Waals surface area contributed by atoms with Crippen LogP contribution in [0.1, 0.15) is 38.5 Å². The first kappa shape index (κ1) is 16.0. The molecule has 24 heavy (non-hydrogen) atoms. The molecule has 1 fully saturated rings. The predicted octanol–water partition coefficient (Wildman–Crippen LogP) is 1.83. The Bertz CT molecular complexity index is 430. The van der Waals surface area contributed by atoms with Gasteiger partial charge in [0.05, 0.1) is 37.3 Å². The van der Waals surface area contributed by atoms with Crippen LogP contribution in [0.3, 0.4) is 0 Å². The number of hydrogen-bond acceptors (Lipinski definition) is 6. The Morgan fingerprint density at radius 1 is 0.542 bits per heavy atom. The van der Waals surface area contributed by atoms with Crippen LogP contribution in [-0.2, 0) is 14.2 Å². The summed E-state index contributed by atoms with van der Waals surface area (Å²) in [7, 11) is 0. The second-order valence-electron chi connectivity index (χ2n) is 6.80. The average molecular weight is 333 g/mol. The van der Waals surface area contributed by atoms with E-state index in [1.165, 1.54) is 0 Å². The van der Waals surface area contributed by atoms with Crippen LogP contribution in [0.25, 0.3) is 0 Å². The molecule has 132 valence electrons. The molecule has 0 bridgehead atoms. The van der Waals surface area contributed by atoms with Gasteiger partial charge in [0.15, 0.2) is 0 Å². The minimum absolute atomic E-state index is 0.0789. The van der Waals surface area contributed by atoms with Gasteiger partial charge >= 0.3 is 0 Å². The first-order chi connectivity index (χ1) is 11.9. The molecule has 0 radical (unpaired) electrons. The first-order valence-electron chi connectivity index (χ1n) is 9.10. The van der Waals surface area contributed by atoms with Crippen molar-refractivity contribution in [3.63, 3.8) is 0 Å². The molecule has 4 aliphatic rings. The summed E-state index contributed by atoms with van der Waals surface area (Å²) in [6, 6.07) is 0. The summed E-state index contributed by atoms with van der Waals surface area (Å²) < 4.78 is 17.5. The van der Waals surface area contributed by atoms with Gasteiger partial charge in [0.25, 0.3) is 0 Å². The zero-order chi connectivity index (χ0) is 16.2. The summed E-state index contributed by atoms with van der Waals surface area (Å²) in [6.45, 7) is 0. The summed E-state index contributed by atoms with van der Waals surface area (Å²) in [5.74, 6) is 0. The third-order valence-corrected chi connectivity index (χ3v) is 5.10. The van der Waals surface area contributed by atoms with E-state index in [1.54, 1.807) is 0 Å². The van der Waals surface area contributed by atoms with Gasteiger partial charge in [0, 0.05) is 0 Å². The molecule has 6 heteroatoms. The number of hydrogen-bond donors (Lipinski definition) is 3. The molecule has 0 amide bonds. The third-order valence-electron chi connectivity index (χ3n) is 5.10. The summed E-state index contributed by atoms with van der Waals surface area (Å²) >= 11 is 0. The molecule has 4 heterocycles. The fourth-order valence-corrected chi connectivity index (χ4v) is 3.76. The van der Waals surface area contributed by atoms with Crippen LogP contribution in [0.4, 0.5) is 0 Å². The van der Waals surface area contributed by atoms with E-state index in [-0.39, 0.29) is 36.8 Å². The highest BCUT2D eigenvalue weighted by molar-refractivity contribution is 4.99. The molecule has 0 saturated carbocycles. The lowest BCUT2D eigenvalue weighted by Gasteiger charge is -2.46. The monoisotopic (exact) mass is 333 g/mol. The Labute approximate surface area is 143 Å². The molecule has 0 aliphatic carbocycles. The largest absolute Gasteiger partial charge is 0.495 e. The second kappa shape index (κ2) is 7.59. The Morgan fingerprint density at radius 2 is 0.875 bits per heavy atom. The third kappa shape index (κ3) is 3.61. The van der Waals surface area contributed by atoms with E-state index in [1.807, 2.05) is 18.8 Å². The summed E-state index contributed by atoms with van der Waals surface area (Å²) in [4.78, 5) is 0. The van der Waals surface area contributed by atoms with Crippen molar-refractivity contribution in [3.8, 4) is 0 Å². The molecule has 1 saturated heterocycles. The van der Waals surface area contributed by atoms with Gasteiger partial charge in [-0.3, -0.25) is 16.0 Å². The van der Waals surface area contributed by atoms with E-state index < -0.39 is 0 Å². The maximum absolute atomic E-state index is 5.85. The van der Waals surface area contributed by atoms with Crippen LogP contribution in [0.5, 0.6) is 0 Å². The van der Waals surface area contributed by atoms with Gasteiger partial charge in [-0.05, 0) is 56.8 Å². The minimum atomic E-state index is 0.0789. The van der Waals surface area contributed by atoms with Crippen molar-refractivity contribution in [3.05, 3.63) is 37.0 Å². The fourth-order valence-electron chi connectivity index (χ4n) is 3.76. The van der Waals surface area contributed by atoms with Crippen molar-refractivity contribution >= 4 is 0 Å². The second-order valence-corrected chi connectivity index (χ2v) is 6.80. The molecular formula is C18H27N3O3. The average Bonchev–Trinajstić information content (AvgIpc) is 2.70. The zero-order valence-corrected chi connectivity index (χ0v) is 13.9. The Hall–Kier alpha value is -1.50. The molecule has 5 atom stereocenters. The maximum atomic E-state index is 5.85. The van der Waals surface area contributed by atoms with Crippen LogP contribution in [0.2, 0.25) is 0 Å². The smallest absolute Gasteiger partial charge is 0.127 e. The van der Waals surface area contributed by atoms with Gasteiger partial charge in [-0.15, -0.1) is 0 Å². The van der Waals surface area contributed by atoms with Crippen LogP contribution in [0, 0.1) is 0 Å². The van der Waals surface area contributed by atoms with E-state index in [2.05, 4.69) is 34.2 Å². The Kier molecular flexibility index (Phi) is 5.06. The number of rotatable bonds is 3. The van der Waals surface area contributed by atoms with Gasteiger partial charge < -0.3 is 14.2 Å². The molecule has 0 aromatic heterocycles. The minimum Gasteiger partial charge on any atom is -0.495 e. The lowest BCUT2D eigenvalue weighted by Crippen LogP contribution is -2.75. The van der Waals surface area contributed by atoms with E-state index in [9.17, 15) is 0 Å². The van der Waals surface area contributed by atoms with Crippen molar-refractivity contribution < 1.29 is 14.2 Å². The molecule has 3 N–H and O–H groups in total. The topological polar surface area (TPSA) is 63.8 Å². The van der Waals surface area contributed by atoms with Crippen molar-refractivity contribution in [1.82, 2.24) is 16.0 Å². The lowest BCUT2D eigenvalue weighted by molar-refractivity contribution is -0.0343. The zero-order valence-electron chi connectivity index (χ0n) is 13.9. The molecule has 6 nitrogen and oxygen atoms in total. The van der Waals surface area contributed by atoms with E-state index >= 15 is 0 Å². The standard InChI is InChI=1S/C18H27N3O3/c1-4-10-22-13(7-1)16-19-17(14-8-2-5-11-23-14)21-18(20-16)15-9-3-6-12-24-15/h4-6,10-21H,1-3,7-9H2/t13-,14-,15+,16?,17?,18?/m0/s1. The molecule has 4 aliphatic heterocycles. The van der Waals surface area contributed by atoms with Crippen molar-refractivity contribution in [1.29, 1.82) is 0 Å². The molecule has 2 unspecified atom stereocenters. The molecule has 0 spiro atoms. The van der Waals surface area contributed by atoms with Crippen LogP contribution in [0.15, 0.2) is 37.0 Å². The number of allylic oxidation sites excluding steroid dienone is 3. The Morgan fingerprint density at radius 3 is 1.12 bits per heavy atom. The highest BCUT2D eigenvalue weighted by atomic mass is 16.5. The quantitative estimate of drug-likeness (QED) is 0.732. The predicted molar refractivity (Wildman–Crippen MR) is 90.5 cm³/mol. The SMILES string of the molecule is C1=CO[C@H](C2NC([C@@H]3CCC=CO3)NC([C@H]3CCC=CO3)N2)CC1. The highest BCUT2D eigenvalue weighted by Gasteiger charge is 2.40. The van der Waals surface area contributed by atoms with Gasteiger partial charge in [0.1, 0.15) is 18.3 Å².